The van der Waals surface area contributed by atoms with Gasteiger partial charge in [-0.15, -0.1) is 0 Å². The van der Waals surface area contributed by atoms with Crippen molar-refractivity contribution >= 4 is 22.5 Å². The lowest BCUT2D eigenvalue weighted by Gasteiger charge is -2.04. The molecule has 84 valence electrons. The summed E-state index contributed by atoms with van der Waals surface area (Å²) in [5, 5.41) is 0. The molecule has 17 heavy (non-hydrogen) atoms. The van der Waals surface area contributed by atoms with Gasteiger partial charge >= 0.3 is 0 Å². The number of nitrogens with two attached hydrogens (primary N) is 1. The summed E-state index contributed by atoms with van der Waals surface area (Å²) < 4.78 is 1.95. The average Bonchev–Trinajstić information content (AvgIpc) is 2.70. The highest BCUT2D eigenvalue weighted by atomic mass is 16.1. The van der Waals surface area contributed by atoms with Crippen molar-refractivity contribution in [2.75, 3.05) is 0 Å². The van der Waals surface area contributed by atoms with Crippen LogP contribution in [0.3, 0.4) is 0 Å². The lowest BCUT2D eigenvalue weighted by Crippen LogP contribution is -2.11. The quantitative estimate of drug-likeness (QED) is 0.679. The van der Waals surface area contributed by atoms with Crippen LogP contribution in [0.4, 0.5) is 0 Å². The molecule has 1 amide bonds. The second kappa shape index (κ2) is 3.28. The van der Waals surface area contributed by atoms with E-state index in [1.807, 2.05) is 11.3 Å². The molecule has 0 saturated carbocycles. The summed E-state index contributed by atoms with van der Waals surface area (Å²) in [4.78, 5) is 19.7. The largest absolute Gasteiger partial charge is 0.366 e. The number of amides is 1. The Morgan fingerprint density at radius 3 is 2.82 bits per heavy atom. The molecule has 0 unspecified atom stereocenters. The third-order valence-corrected chi connectivity index (χ3v) is 2.80. The van der Waals surface area contributed by atoms with Crippen molar-refractivity contribution in [1.29, 1.82) is 0 Å². The third kappa shape index (κ3) is 1.36. The summed E-state index contributed by atoms with van der Waals surface area (Å²) >= 11 is 0. The number of carbonyl (C=O) groups is 1. The van der Waals surface area contributed by atoms with E-state index in [0.29, 0.717) is 5.56 Å². The van der Waals surface area contributed by atoms with Gasteiger partial charge in [0.2, 0.25) is 5.91 Å². The van der Waals surface area contributed by atoms with Gasteiger partial charge in [0.1, 0.15) is 5.82 Å². The summed E-state index contributed by atoms with van der Waals surface area (Å²) in [5.41, 5.74) is 8.30. The first-order chi connectivity index (χ1) is 8.16. The zero-order chi connectivity index (χ0) is 12.0. The molecule has 3 aromatic rings. The summed E-state index contributed by atoms with van der Waals surface area (Å²) in [7, 11) is 0. The van der Waals surface area contributed by atoms with E-state index in [1.165, 1.54) is 0 Å². The van der Waals surface area contributed by atoms with E-state index in [2.05, 4.69) is 9.97 Å². The number of aromatic nitrogens is 3. The molecule has 5 heteroatoms. The maximum Gasteiger partial charge on any atom is 0.248 e. The molecule has 1 aromatic carbocycles. The fourth-order valence-electron chi connectivity index (χ4n) is 1.97. The van der Waals surface area contributed by atoms with Crippen LogP contribution in [0.15, 0.2) is 30.6 Å². The Morgan fingerprint density at radius 2 is 2.06 bits per heavy atom. The Labute approximate surface area is 96.9 Å². The first kappa shape index (κ1) is 9.77. The lowest BCUT2D eigenvalue weighted by atomic mass is 10.2. The topological polar surface area (TPSA) is 73.3 Å². The molecule has 0 aliphatic rings. The van der Waals surface area contributed by atoms with Crippen LogP contribution in [-0.2, 0) is 0 Å². The maximum atomic E-state index is 11.2. The number of benzene rings is 1. The highest BCUT2D eigenvalue weighted by Crippen LogP contribution is 2.17. The lowest BCUT2D eigenvalue weighted by molar-refractivity contribution is 0.100. The average molecular weight is 226 g/mol. The van der Waals surface area contributed by atoms with Gasteiger partial charge in [0.05, 0.1) is 28.9 Å². The highest BCUT2D eigenvalue weighted by molar-refractivity contribution is 5.96. The molecule has 0 spiro atoms. The molecule has 0 aliphatic carbocycles. The first-order valence-corrected chi connectivity index (χ1v) is 5.19. The number of rotatable bonds is 1. The fourth-order valence-corrected chi connectivity index (χ4v) is 1.97. The molecular formula is C12H10N4O. The minimum absolute atomic E-state index is 0.443. The van der Waals surface area contributed by atoms with Crippen LogP contribution in [0.2, 0.25) is 0 Å². The zero-order valence-corrected chi connectivity index (χ0v) is 9.21. The van der Waals surface area contributed by atoms with Crippen molar-refractivity contribution in [3.8, 4) is 0 Å². The minimum Gasteiger partial charge on any atom is -0.366 e. The predicted octanol–water partition coefficient (Wildman–Crippen LogP) is 1.29. The van der Waals surface area contributed by atoms with Gasteiger partial charge in [-0.2, -0.15) is 0 Å². The Kier molecular flexibility index (Phi) is 1.89. The Hall–Kier alpha value is -2.43. The van der Waals surface area contributed by atoms with E-state index in [-0.39, 0.29) is 0 Å². The third-order valence-electron chi connectivity index (χ3n) is 2.80. The normalized spacial score (nSPS) is 11.1. The minimum atomic E-state index is -0.443. The van der Waals surface area contributed by atoms with Gasteiger partial charge in [-0.1, -0.05) is 0 Å². The van der Waals surface area contributed by atoms with Crippen LogP contribution in [0, 0.1) is 6.92 Å². The van der Waals surface area contributed by atoms with Gasteiger partial charge in [-0.3, -0.25) is 14.2 Å². The molecule has 0 saturated heterocycles. The van der Waals surface area contributed by atoms with Gasteiger partial charge in [-0.25, -0.2) is 4.98 Å². The van der Waals surface area contributed by atoms with E-state index < -0.39 is 5.91 Å². The van der Waals surface area contributed by atoms with Gasteiger partial charge < -0.3 is 5.73 Å². The molecule has 0 atom stereocenters. The number of carbonyl (C=O) groups excluding carboxylic acids is 1. The number of imidazole rings is 1. The van der Waals surface area contributed by atoms with Crippen LogP contribution in [0.5, 0.6) is 0 Å². The zero-order valence-electron chi connectivity index (χ0n) is 9.21. The van der Waals surface area contributed by atoms with Crippen molar-refractivity contribution in [2.24, 2.45) is 5.73 Å². The van der Waals surface area contributed by atoms with Crippen molar-refractivity contribution in [1.82, 2.24) is 14.4 Å². The second-order valence-electron chi connectivity index (χ2n) is 3.89. The van der Waals surface area contributed by atoms with E-state index in [1.54, 1.807) is 30.6 Å². The molecule has 3 rings (SSSR count). The Bertz CT molecular complexity index is 745. The summed E-state index contributed by atoms with van der Waals surface area (Å²) in [6.07, 6.45) is 3.50. The molecule has 2 heterocycles. The number of fused-ring (bicyclic) bond motifs is 3. The Balaban J connectivity index is 2.49. The molecule has 2 N–H and O–H groups in total. The van der Waals surface area contributed by atoms with Crippen LogP contribution in [0.25, 0.3) is 16.6 Å². The van der Waals surface area contributed by atoms with Crippen LogP contribution >= 0.6 is 0 Å². The van der Waals surface area contributed by atoms with Crippen molar-refractivity contribution in [3.05, 3.63) is 42.0 Å². The molecule has 0 aliphatic heterocycles. The SMILES string of the molecule is Cc1ncc2cnc3ccc(C(N)=O)cc3n12. The smallest absolute Gasteiger partial charge is 0.248 e. The molecular weight excluding hydrogens is 216 g/mol. The number of hydrogen-bond donors (Lipinski definition) is 1. The van der Waals surface area contributed by atoms with Crippen molar-refractivity contribution < 1.29 is 4.79 Å². The number of primary amides is 1. The predicted molar refractivity (Wildman–Crippen MR) is 63.7 cm³/mol. The first-order valence-electron chi connectivity index (χ1n) is 5.19. The van der Waals surface area contributed by atoms with Gasteiger partial charge in [0.15, 0.2) is 0 Å². The van der Waals surface area contributed by atoms with E-state index >= 15 is 0 Å². The van der Waals surface area contributed by atoms with E-state index in [0.717, 1.165) is 22.4 Å². The van der Waals surface area contributed by atoms with Crippen LogP contribution in [-0.4, -0.2) is 20.3 Å². The van der Waals surface area contributed by atoms with Crippen LogP contribution < -0.4 is 5.73 Å². The highest BCUT2D eigenvalue weighted by Gasteiger charge is 2.07. The summed E-state index contributed by atoms with van der Waals surface area (Å²) in [6.45, 7) is 1.91. The molecule has 2 aromatic heterocycles. The maximum absolute atomic E-state index is 11.2. The van der Waals surface area contributed by atoms with E-state index in [4.69, 9.17) is 5.73 Å². The number of aryl methyl sites for hydroxylation is 1. The fraction of sp³-hybridized carbons (Fsp3) is 0.0833. The standard InChI is InChI=1S/C12H10N4O/c1-7-14-5-9-6-15-10-3-2-8(12(13)17)4-11(10)16(7)9/h2-6H,1H3,(H2,13,17). The summed E-state index contributed by atoms with van der Waals surface area (Å²) in [6, 6.07) is 5.20. The second-order valence-corrected chi connectivity index (χ2v) is 3.89. The number of nitrogens with zero attached hydrogens (tertiary/aromatic N) is 3. The number of hydrogen-bond acceptors (Lipinski definition) is 3. The van der Waals surface area contributed by atoms with Crippen LogP contribution in [0.1, 0.15) is 16.2 Å². The van der Waals surface area contributed by atoms with Gasteiger partial charge in [0.25, 0.3) is 0 Å². The van der Waals surface area contributed by atoms with Crippen molar-refractivity contribution in [3.63, 3.8) is 0 Å². The van der Waals surface area contributed by atoms with Crippen molar-refractivity contribution in [2.45, 2.75) is 6.92 Å². The van der Waals surface area contributed by atoms with Gasteiger partial charge in [-0.05, 0) is 25.1 Å². The molecule has 0 bridgehead atoms. The van der Waals surface area contributed by atoms with Gasteiger partial charge in [0, 0.05) is 5.56 Å². The monoisotopic (exact) mass is 226 g/mol. The molecule has 5 nitrogen and oxygen atoms in total. The molecule has 0 radical (unpaired) electrons. The Morgan fingerprint density at radius 1 is 1.29 bits per heavy atom. The molecule has 0 fully saturated rings. The van der Waals surface area contributed by atoms with E-state index in [9.17, 15) is 4.79 Å². The summed E-state index contributed by atoms with van der Waals surface area (Å²) in [5.74, 6) is 0.413.